The van der Waals surface area contributed by atoms with Gasteiger partial charge in [0.2, 0.25) is 0 Å². The zero-order chi connectivity index (χ0) is 74.3. The summed E-state index contributed by atoms with van der Waals surface area (Å²) >= 11 is -6.59. The van der Waals surface area contributed by atoms with Crippen LogP contribution in [0.2, 0.25) is 0 Å². The fourth-order valence-electron chi connectivity index (χ4n) is 11.1. The molecule has 0 aliphatic heterocycles. The van der Waals surface area contributed by atoms with E-state index in [2.05, 4.69) is 80.4 Å². The second-order valence-corrected chi connectivity index (χ2v) is 31.0. The third-order valence-corrected chi connectivity index (χ3v) is 24.0. The first-order chi connectivity index (χ1) is 53.9. The summed E-state index contributed by atoms with van der Waals surface area (Å²) in [6.07, 6.45) is 8.89. The van der Waals surface area contributed by atoms with Crippen molar-refractivity contribution in [2.24, 2.45) is 0 Å². The number of pyridine rings is 5. The Labute approximate surface area is 674 Å². The van der Waals surface area contributed by atoms with E-state index in [1.165, 1.54) is 22.3 Å². The normalized spacial score (nSPS) is 10.3. The van der Waals surface area contributed by atoms with E-state index in [1.807, 2.05) is 298 Å². The molecule has 0 N–H and O–H groups in total. The summed E-state index contributed by atoms with van der Waals surface area (Å²) in [5, 5.41) is 5.39. The van der Waals surface area contributed by atoms with Crippen LogP contribution in [0.15, 0.2) is 371 Å². The van der Waals surface area contributed by atoms with Crippen LogP contribution in [0.5, 0.6) is 57.5 Å². The average Bonchev–Trinajstić information content (AvgIpc) is 0.875. The van der Waals surface area contributed by atoms with Gasteiger partial charge >= 0.3 is 681 Å². The summed E-state index contributed by atoms with van der Waals surface area (Å²) in [6, 6.07) is 112. The van der Waals surface area contributed by atoms with Crippen molar-refractivity contribution in [2.75, 3.05) is 0 Å². The van der Waals surface area contributed by atoms with Gasteiger partial charge in [-0.3, -0.25) is 0 Å². The zero-order valence-electron chi connectivity index (χ0n) is 59.4. The van der Waals surface area contributed by atoms with Gasteiger partial charge in [-0.05, 0) is 0 Å². The predicted octanol–water partition coefficient (Wildman–Crippen LogP) is 20.1. The van der Waals surface area contributed by atoms with Crippen LogP contribution in [0.25, 0.3) is 76.8 Å². The van der Waals surface area contributed by atoms with E-state index < -0.39 is 90.7 Å². The predicted molar refractivity (Wildman–Crippen MR) is 436 cm³/mol. The number of aryl methyl sites for hydroxylation is 2. The number of benzene rings is 12. The minimum atomic E-state index is -1.38. The van der Waals surface area contributed by atoms with Gasteiger partial charge in [-0.1, -0.05) is 0 Å². The van der Waals surface area contributed by atoms with Crippen LogP contribution in [0.4, 0.5) is 0 Å². The Morgan fingerprint density at radius 1 is 0.193 bits per heavy atom. The second-order valence-electron chi connectivity index (χ2n) is 24.0. The number of rotatable bonds is 22. The molecule has 0 unspecified atom stereocenters. The van der Waals surface area contributed by atoms with Crippen molar-refractivity contribution >= 4 is 145 Å². The Morgan fingerprint density at radius 2 is 0.450 bits per heavy atom. The van der Waals surface area contributed by atoms with Crippen molar-refractivity contribution in [3.8, 4) is 79.7 Å². The van der Waals surface area contributed by atoms with Gasteiger partial charge in [0.25, 0.3) is 0 Å². The summed E-state index contributed by atoms with van der Waals surface area (Å²) in [4.78, 5) is 21.9. The molecule has 17 rings (SSSR count). The van der Waals surface area contributed by atoms with Crippen LogP contribution < -0.4 is 35.3 Å². The van der Waals surface area contributed by atoms with Crippen LogP contribution >= 0.6 is 0 Å². The van der Waals surface area contributed by atoms with Crippen molar-refractivity contribution in [3.05, 3.63) is 382 Å². The molecule has 0 saturated carbocycles. The molecule has 0 aliphatic rings. The topological polar surface area (TPSA) is 157 Å². The average molecular weight is 1720 g/mol. The summed E-state index contributed by atoms with van der Waals surface area (Å²) in [6.45, 7) is 4.09. The van der Waals surface area contributed by atoms with Gasteiger partial charge < -0.3 is 0 Å². The molecule has 5 aromatic heterocycles. The first-order valence-corrected chi connectivity index (χ1v) is 44.7. The summed E-state index contributed by atoms with van der Waals surface area (Å²) < 4.78 is 58.3. The Kier molecular flexibility index (Phi) is 28.4. The molecular formula is C89H67Ga5N5O10. The fourth-order valence-corrected chi connectivity index (χ4v) is 17.6. The molecule has 5 heterocycles. The van der Waals surface area contributed by atoms with Crippen LogP contribution in [-0.2, 0) is 0 Å². The van der Waals surface area contributed by atoms with Crippen LogP contribution in [0, 0.1) is 13.8 Å². The number of fused-ring (bicyclic) bond motifs is 5. The summed E-state index contributed by atoms with van der Waals surface area (Å²) in [7, 11) is 0. The number of aromatic nitrogens is 5. The molecule has 12 aromatic carbocycles. The van der Waals surface area contributed by atoms with Gasteiger partial charge in [0, 0.05) is 0 Å². The molecule has 17 aromatic rings. The van der Waals surface area contributed by atoms with Crippen LogP contribution in [0.1, 0.15) is 11.1 Å². The molecule has 0 amide bonds. The molecule has 0 fully saturated rings. The molecule has 20 heteroatoms. The molecule has 15 nitrogen and oxygen atoms in total. The van der Waals surface area contributed by atoms with E-state index in [9.17, 15) is 0 Å². The van der Waals surface area contributed by atoms with Crippen molar-refractivity contribution in [1.82, 2.24) is 24.9 Å². The molecule has 0 spiro atoms. The van der Waals surface area contributed by atoms with Crippen molar-refractivity contribution in [2.45, 2.75) is 13.8 Å². The monoisotopic (exact) mass is 1710 g/mol. The maximum atomic E-state index is 5.94. The van der Waals surface area contributed by atoms with E-state index in [0.29, 0.717) is 0 Å². The molecule has 109 heavy (non-hydrogen) atoms. The Balaban J connectivity index is 0.000000121. The Bertz CT molecular complexity index is 5670. The van der Waals surface area contributed by atoms with E-state index in [-0.39, 0.29) is 0 Å². The molecular weight excluding hydrogens is 1650 g/mol. The number of hydrogen-bond donors (Lipinski definition) is 0. The molecule has 523 valence electrons. The molecule has 0 bridgehead atoms. The number of para-hydroxylation sites is 7. The van der Waals surface area contributed by atoms with E-state index >= 15 is 0 Å². The van der Waals surface area contributed by atoms with Gasteiger partial charge in [-0.25, -0.2) is 0 Å². The maximum absolute atomic E-state index is 5.94. The Hall–Kier alpha value is -11.1. The van der Waals surface area contributed by atoms with Gasteiger partial charge in [-0.2, -0.15) is 0 Å². The molecule has 0 atom stereocenters. The first kappa shape index (κ1) is 76.1. The van der Waals surface area contributed by atoms with Gasteiger partial charge in [0.1, 0.15) is 0 Å². The molecule has 0 aliphatic carbocycles. The van der Waals surface area contributed by atoms with Crippen molar-refractivity contribution < 1.29 is 35.3 Å². The molecule has 5 radical (unpaired) electrons. The molecule has 0 saturated heterocycles. The fraction of sp³-hybridized carbons (Fsp3) is 0.0225. The minimum absolute atomic E-state index is 0.789. The first-order valence-electron chi connectivity index (χ1n) is 34.8. The van der Waals surface area contributed by atoms with E-state index in [1.54, 1.807) is 31.0 Å². The van der Waals surface area contributed by atoms with Gasteiger partial charge in [0.15, 0.2) is 0 Å². The van der Waals surface area contributed by atoms with Crippen LogP contribution in [-0.4, -0.2) is 116 Å². The Morgan fingerprint density at radius 3 is 0.835 bits per heavy atom. The number of nitrogens with zero attached hydrogens (tertiary/aromatic N) is 5. The van der Waals surface area contributed by atoms with Gasteiger partial charge in [0.05, 0.1) is 0 Å². The van der Waals surface area contributed by atoms with Gasteiger partial charge in [-0.15, -0.1) is 0 Å². The van der Waals surface area contributed by atoms with E-state index in [4.69, 9.17) is 35.3 Å². The standard InChI is InChI=1S/2C12H10O.5C9H7NO.2C7H8O.C6H6O.5Ga/c13-12-8-4-7-11(9-12)10-5-2-1-3-6-10;13-12-8-6-11(7-9-12)10-4-2-1-3-5-10;5*11-8-5-1-3-7-4-2-6-10-9(7)8;1-6-2-4-7(8)5-3-6;1-6-4-2-3-5-7(6)8;7-6-4-2-1-3-5-6;;;;;/h2*1-9,13H;5*1-6,11H;2*2-5,8H,1H3;1-5,7H;;;;;/q;;;;;;;;;;5*+2/p-10. The SMILES string of the molecule is Cc1ccc([O][Ga][O]c2cccc3cccnc23)cc1.Cc1ccccc1[O][Ga][O]c1cccc2cccnc12.c1ccc(-c2ccc([O][Ga][O]c3cccc4cccnc34)cc2)cc1.c1ccc(-c2cccc([O][Ga][O]c3cccc4cccnc34)c2)cc1.c1ccc([O][Ga][O]c2cccc3cccnc23)cc1. The second kappa shape index (κ2) is 40.7. The van der Waals surface area contributed by atoms with Crippen molar-refractivity contribution in [1.29, 1.82) is 0 Å². The third kappa shape index (κ3) is 22.5. The van der Waals surface area contributed by atoms with E-state index in [0.717, 1.165) is 123 Å². The zero-order valence-corrected chi connectivity index (χ0v) is 71.5. The summed E-state index contributed by atoms with van der Waals surface area (Å²) in [5.41, 5.74) is 11.5. The number of hydrogen-bond acceptors (Lipinski definition) is 15. The van der Waals surface area contributed by atoms with Crippen LogP contribution in [0.3, 0.4) is 0 Å². The quantitative estimate of drug-likeness (QED) is 0.0590. The van der Waals surface area contributed by atoms with Crippen molar-refractivity contribution in [3.63, 3.8) is 0 Å². The third-order valence-electron chi connectivity index (χ3n) is 16.5. The summed E-state index contributed by atoms with van der Waals surface area (Å²) in [5.74, 6) is 8.29.